The number of hydrogen-bond acceptors (Lipinski definition) is 2. The van der Waals surface area contributed by atoms with Crippen LogP contribution in [0.1, 0.15) is 29.2 Å². The summed E-state index contributed by atoms with van der Waals surface area (Å²) in [6, 6.07) is 12.6. The minimum Gasteiger partial charge on any atom is -0.488 e. The van der Waals surface area contributed by atoms with Crippen LogP contribution >= 0.6 is 15.9 Å². The molecule has 1 N–H and O–H groups in total. The quantitative estimate of drug-likeness (QED) is 0.813. The lowest BCUT2D eigenvalue weighted by Crippen LogP contribution is -2.12. The van der Waals surface area contributed by atoms with Crippen molar-refractivity contribution in [1.82, 2.24) is 5.32 Å². The van der Waals surface area contributed by atoms with Crippen molar-refractivity contribution in [3.05, 3.63) is 63.1 Å². The first kappa shape index (κ1) is 16.1. The Morgan fingerprint density at radius 2 is 1.62 bits per heavy atom. The molecule has 0 unspecified atom stereocenters. The first-order valence-corrected chi connectivity index (χ1v) is 8.07. The Kier molecular flexibility index (Phi) is 5.83. The van der Waals surface area contributed by atoms with Crippen LogP contribution in [0.2, 0.25) is 0 Å². The van der Waals surface area contributed by atoms with Gasteiger partial charge in [-0.25, -0.2) is 0 Å². The summed E-state index contributed by atoms with van der Waals surface area (Å²) in [6.07, 6.45) is 0. The van der Waals surface area contributed by atoms with Gasteiger partial charge in [-0.1, -0.05) is 47.1 Å². The van der Waals surface area contributed by atoms with E-state index >= 15 is 0 Å². The smallest absolute Gasteiger partial charge is 0.125 e. The molecule has 112 valence electrons. The molecule has 0 aliphatic carbocycles. The second kappa shape index (κ2) is 7.62. The largest absolute Gasteiger partial charge is 0.488 e. The van der Waals surface area contributed by atoms with Crippen molar-refractivity contribution >= 4 is 15.9 Å². The van der Waals surface area contributed by atoms with Gasteiger partial charge in [0.2, 0.25) is 0 Å². The molecule has 0 amide bonds. The van der Waals surface area contributed by atoms with E-state index in [0.717, 1.165) is 23.3 Å². The molecule has 0 saturated carbocycles. The molecular weight excluding hydrogens is 326 g/mol. The molecule has 3 heteroatoms. The molecule has 0 spiro atoms. The normalized spacial score (nSPS) is 10.7. The third-order valence-corrected chi connectivity index (χ3v) is 3.92. The summed E-state index contributed by atoms with van der Waals surface area (Å²) < 4.78 is 7.11. The van der Waals surface area contributed by atoms with E-state index in [1.807, 2.05) is 12.1 Å². The van der Waals surface area contributed by atoms with Crippen molar-refractivity contribution in [2.75, 3.05) is 6.54 Å². The molecule has 21 heavy (non-hydrogen) atoms. The maximum absolute atomic E-state index is 6.02. The molecule has 0 aromatic heterocycles. The van der Waals surface area contributed by atoms with Gasteiger partial charge in [-0.2, -0.15) is 0 Å². The average Bonchev–Trinajstić information content (AvgIpc) is 2.46. The number of ether oxygens (including phenoxy) is 1. The summed E-state index contributed by atoms with van der Waals surface area (Å²) in [5.74, 6) is 0.998. The minimum atomic E-state index is 0.599. The summed E-state index contributed by atoms with van der Waals surface area (Å²) >= 11 is 3.45. The zero-order valence-electron chi connectivity index (χ0n) is 12.9. The maximum atomic E-state index is 6.02. The molecule has 0 fully saturated rings. The van der Waals surface area contributed by atoms with E-state index in [4.69, 9.17) is 4.74 Å². The average molecular weight is 348 g/mol. The molecule has 2 nitrogen and oxygen atoms in total. The van der Waals surface area contributed by atoms with Gasteiger partial charge in [-0.15, -0.1) is 0 Å². The highest BCUT2D eigenvalue weighted by molar-refractivity contribution is 9.10. The van der Waals surface area contributed by atoms with Gasteiger partial charge in [-0.3, -0.25) is 0 Å². The second-order valence-electron chi connectivity index (χ2n) is 5.25. The van der Waals surface area contributed by atoms with Crippen LogP contribution in [0.3, 0.4) is 0 Å². The fourth-order valence-electron chi connectivity index (χ4n) is 2.38. The van der Waals surface area contributed by atoms with Crippen LogP contribution in [0.5, 0.6) is 5.75 Å². The Labute approximate surface area is 135 Å². The predicted octanol–water partition coefficient (Wildman–Crippen LogP) is 4.75. The van der Waals surface area contributed by atoms with Crippen molar-refractivity contribution < 1.29 is 4.74 Å². The van der Waals surface area contributed by atoms with Crippen LogP contribution in [0.15, 0.2) is 40.9 Å². The van der Waals surface area contributed by atoms with Crippen molar-refractivity contribution in [2.24, 2.45) is 0 Å². The Morgan fingerprint density at radius 1 is 1.00 bits per heavy atom. The van der Waals surface area contributed by atoms with Crippen LogP contribution < -0.4 is 10.1 Å². The molecule has 0 radical (unpaired) electrons. The van der Waals surface area contributed by atoms with E-state index in [-0.39, 0.29) is 0 Å². The minimum absolute atomic E-state index is 0.599. The summed E-state index contributed by atoms with van der Waals surface area (Å²) in [5, 5.41) is 3.36. The number of aryl methyl sites for hydroxylation is 2. The van der Waals surface area contributed by atoms with Crippen molar-refractivity contribution in [2.45, 2.75) is 33.9 Å². The van der Waals surface area contributed by atoms with E-state index in [0.29, 0.717) is 6.61 Å². The molecule has 2 rings (SSSR count). The SMILES string of the molecule is CCNCc1cc(C)c(OCc2ccc(Br)cc2)c(C)c1. The number of nitrogens with one attached hydrogen (secondary N) is 1. The van der Waals surface area contributed by atoms with Gasteiger partial charge in [-0.05, 0) is 54.8 Å². The van der Waals surface area contributed by atoms with Gasteiger partial charge in [0.25, 0.3) is 0 Å². The van der Waals surface area contributed by atoms with Crippen LogP contribution in [0.4, 0.5) is 0 Å². The Balaban J connectivity index is 2.07. The molecule has 0 bridgehead atoms. The van der Waals surface area contributed by atoms with Gasteiger partial charge < -0.3 is 10.1 Å². The van der Waals surface area contributed by atoms with Gasteiger partial charge >= 0.3 is 0 Å². The molecule has 0 saturated heterocycles. The van der Waals surface area contributed by atoms with Crippen LogP contribution in [0, 0.1) is 13.8 Å². The number of benzene rings is 2. The highest BCUT2D eigenvalue weighted by atomic mass is 79.9. The number of rotatable bonds is 6. The molecule has 2 aromatic carbocycles. The fourth-order valence-corrected chi connectivity index (χ4v) is 2.64. The van der Waals surface area contributed by atoms with Crippen LogP contribution in [-0.4, -0.2) is 6.54 Å². The van der Waals surface area contributed by atoms with E-state index in [9.17, 15) is 0 Å². The molecular formula is C18H22BrNO. The molecule has 2 aromatic rings. The van der Waals surface area contributed by atoms with Gasteiger partial charge in [0.05, 0.1) is 0 Å². The van der Waals surface area contributed by atoms with E-state index in [1.165, 1.54) is 22.3 Å². The predicted molar refractivity (Wildman–Crippen MR) is 91.8 cm³/mol. The van der Waals surface area contributed by atoms with Crippen LogP contribution in [-0.2, 0) is 13.2 Å². The molecule has 0 aliphatic rings. The summed E-state index contributed by atoms with van der Waals surface area (Å²) in [4.78, 5) is 0. The van der Waals surface area contributed by atoms with Gasteiger partial charge in [0.1, 0.15) is 12.4 Å². The Bertz CT molecular complexity index is 570. The van der Waals surface area contributed by atoms with E-state index < -0.39 is 0 Å². The maximum Gasteiger partial charge on any atom is 0.125 e. The third kappa shape index (κ3) is 4.58. The zero-order chi connectivity index (χ0) is 15.2. The van der Waals surface area contributed by atoms with E-state index in [2.05, 4.69) is 66.3 Å². The highest BCUT2D eigenvalue weighted by Crippen LogP contribution is 2.26. The lowest BCUT2D eigenvalue weighted by atomic mass is 10.1. The fraction of sp³-hybridized carbons (Fsp3) is 0.333. The summed E-state index contributed by atoms with van der Waals surface area (Å²) in [6.45, 7) is 8.83. The Hall–Kier alpha value is -1.32. The van der Waals surface area contributed by atoms with Crippen molar-refractivity contribution in [1.29, 1.82) is 0 Å². The van der Waals surface area contributed by atoms with Gasteiger partial charge in [0, 0.05) is 11.0 Å². The molecule has 0 aliphatic heterocycles. The molecule has 0 heterocycles. The zero-order valence-corrected chi connectivity index (χ0v) is 14.5. The standard InChI is InChI=1S/C18H22BrNO/c1-4-20-11-16-9-13(2)18(14(3)10-16)21-12-15-5-7-17(19)8-6-15/h5-10,20H,4,11-12H2,1-3H3. The Morgan fingerprint density at radius 3 is 2.19 bits per heavy atom. The first-order valence-electron chi connectivity index (χ1n) is 7.28. The topological polar surface area (TPSA) is 21.3 Å². The lowest BCUT2D eigenvalue weighted by Gasteiger charge is -2.14. The second-order valence-corrected chi connectivity index (χ2v) is 6.17. The first-order chi connectivity index (χ1) is 10.1. The number of hydrogen-bond donors (Lipinski definition) is 1. The third-order valence-electron chi connectivity index (χ3n) is 3.40. The van der Waals surface area contributed by atoms with Crippen LogP contribution in [0.25, 0.3) is 0 Å². The number of halogens is 1. The van der Waals surface area contributed by atoms with E-state index in [1.54, 1.807) is 0 Å². The lowest BCUT2D eigenvalue weighted by molar-refractivity contribution is 0.302. The summed E-state index contributed by atoms with van der Waals surface area (Å²) in [7, 11) is 0. The monoisotopic (exact) mass is 347 g/mol. The molecule has 0 atom stereocenters. The van der Waals surface area contributed by atoms with Gasteiger partial charge in [0.15, 0.2) is 0 Å². The highest BCUT2D eigenvalue weighted by Gasteiger charge is 2.07. The van der Waals surface area contributed by atoms with Crippen molar-refractivity contribution in [3.63, 3.8) is 0 Å². The summed E-state index contributed by atoms with van der Waals surface area (Å²) in [5.41, 5.74) is 4.87. The van der Waals surface area contributed by atoms with Crippen molar-refractivity contribution in [3.8, 4) is 5.75 Å².